The highest BCUT2D eigenvalue weighted by molar-refractivity contribution is 5.59. The molecule has 2 aromatic rings. The summed E-state index contributed by atoms with van der Waals surface area (Å²) in [4.78, 5) is 0. The zero-order chi connectivity index (χ0) is 13.9. The van der Waals surface area contributed by atoms with Gasteiger partial charge in [0.2, 0.25) is 0 Å². The minimum Gasteiger partial charge on any atom is -0.375 e. The van der Waals surface area contributed by atoms with Gasteiger partial charge in [0.15, 0.2) is 0 Å². The summed E-state index contributed by atoms with van der Waals surface area (Å²) in [5, 5.41) is 12.3. The highest BCUT2D eigenvalue weighted by Crippen LogP contribution is 2.29. The summed E-state index contributed by atoms with van der Waals surface area (Å²) < 4.78 is 18.7. The first kappa shape index (κ1) is 12.6. The van der Waals surface area contributed by atoms with Crippen LogP contribution in [0.1, 0.15) is 22.7 Å². The van der Waals surface area contributed by atoms with Crippen LogP contribution in [0.15, 0.2) is 42.5 Å². The molecule has 0 aliphatic carbocycles. The number of ether oxygens (including phenoxy) is 1. The summed E-state index contributed by atoms with van der Waals surface area (Å²) in [5.74, 6) is -0.410. The van der Waals surface area contributed by atoms with Crippen LogP contribution in [0.4, 0.5) is 10.1 Å². The molecule has 0 amide bonds. The Hall–Kier alpha value is -2.38. The van der Waals surface area contributed by atoms with Crippen molar-refractivity contribution in [2.24, 2.45) is 0 Å². The van der Waals surface area contributed by atoms with E-state index in [1.54, 1.807) is 6.07 Å². The van der Waals surface area contributed by atoms with Gasteiger partial charge in [-0.1, -0.05) is 24.3 Å². The number of rotatable bonds is 2. The second-order valence-corrected chi connectivity index (χ2v) is 4.71. The minimum atomic E-state index is -0.410. The average molecular weight is 268 g/mol. The molecule has 4 heteroatoms. The molecular formula is C16H13FN2O. The van der Waals surface area contributed by atoms with Crippen molar-refractivity contribution in [3.05, 3.63) is 65.0 Å². The zero-order valence-electron chi connectivity index (χ0n) is 10.8. The molecular weight excluding hydrogens is 255 g/mol. The van der Waals surface area contributed by atoms with Crippen LogP contribution in [0.2, 0.25) is 0 Å². The van der Waals surface area contributed by atoms with Crippen molar-refractivity contribution in [1.29, 1.82) is 5.26 Å². The number of nitriles is 1. The molecule has 1 heterocycles. The van der Waals surface area contributed by atoms with Crippen molar-refractivity contribution < 1.29 is 9.13 Å². The van der Waals surface area contributed by atoms with Gasteiger partial charge in [-0.15, -0.1) is 0 Å². The average Bonchev–Trinajstić information content (AvgIpc) is 2.49. The van der Waals surface area contributed by atoms with E-state index < -0.39 is 5.82 Å². The third kappa shape index (κ3) is 2.36. The molecule has 0 fully saturated rings. The van der Waals surface area contributed by atoms with Crippen LogP contribution < -0.4 is 5.32 Å². The smallest absolute Gasteiger partial charge is 0.124 e. The summed E-state index contributed by atoms with van der Waals surface area (Å²) in [6.45, 7) is 1.13. The summed E-state index contributed by atoms with van der Waals surface area (Å²) in [6.07, 6.45) is 0. The van der Waals surface area contributed by atoms with E-state index in [4.69, 9.17) is 10.00 Å². The van der Waals surface area contributed by atoms with E-state index >= 15 is 0 Å². The molecule has 0 aromatic heterocycles. The standard InChI is InChI=1S/C16H13FN2O/c17-13-5-6-15(12(7-13)8-18)19-16-10-20-9-11-3-1-2-4-14(11)16/h1-7,16,19H,9-10H2. The van der Waals surface area contributed by atoms with Crippen LogP contribution in [0.5, 0.6) is 0 Å². The van der Waals surface area contributed by atoms with Crippen molar-refractivity contribution >= 4 is 5.69 Å². The van der Waals surface area contributed by atoms with Crippen molar-refractivity contribution in [2.45, 2.75) is 12.6 Å². The summed E-state index contributed by atoms with van der Waals surface area (Å²) >= 11 is 0. The molecule has 3 rings (SSSR count). The highest BCUT2D eigenvalue weighted by Gasteiger charge is 2.21. The number of fused-ring (bicyclic) bond motifs is 1. The van der Waals surface area contributed by atoms with Gasteiger partial charge < -0.3 is 10.1 Å². The monoisotopic (exact) mass is 268 g/mol. The fourth-order valence-corrected chi connectivity index (χ4v) is 2.42. The number of benzene rings is 2. The van der Waals surface area contributed by atoms with Gasteiger partial charge >= 0.3 is 0 Å². The van der Waals surface area contributed by atoms with Crippen LogP contribution in [0.25, 0.3) is 0 Å². The molecule has 0 bridgehead atoms. The van der Waals surface area contributed by atoms with Crippen LogP contribution in [0.3, 0.4) is 0 Å². The molecule has 0 saturated carbocycles. The molecule has 0 spiro atoms. The highest BCUT2D eigenvalue weighted by atomic mass is 19.1. The van der Waals surface area contributed by atoms with Crippen molar-refractivity contribution in [1.82, 2.24) is 0 Å². The number of halogens is 1. The zero-order valence-corrected chi connectivity index (χ0v) is 10.8. The van der Waals surface area contributed by atoms with Crippen molar-refractivity contribution in [3.63, 3.8) is 0 Å². The Labute approximate surface area is 116 Å². The Bertz CT molecular complexity index is 678. The van der Waals surface area contributed by atoms with Crippen molar-refractivity contribution in [3.8, 4) is 6.07 Å². The van der Waals surface area contributed by atoms with Gasteiger partial charge in [-0.25, -0.2) is 4.39 Å². The fraction of sp³-hybridized carbons (Fsp3) is 0.188. The van der Waals surface area contributed by atoms with Gasteiger partial charge in [0.25, 0.3) is 0 Å². The third-order valence-corrected chi connectivity index (χ3v) is 3.40. The molecule has 0 radical (unpaired) electrons. The number of hydrogen-bond donors (Lipinski definition) is 1. The first-order chi connectivity index (χ1) is 9.78. The lowest BCUT2D eigenvalue weighted by Gasteiger charge is -2.27. The largest absolute Gasteiger partial charge is 0.375 e. The first-order valence-electron chi connectivity index (χ1n) is 6.39. The lowest BCUT2D eigenvalue weighted by atomic mass is 9.98. The number of hydrogen-bond acceptors (Lipinski definition) is 3. The quantitative estimate of drug-likeness (QED) is 0.908. The normalized spacial score (nSPS) is 17.1. The molecule has 100 valence electrons. The minimum absolute atomic E-state index is 0.0301. The summed E-state index contributed by atoms with van der Waals surface area (Å²) in [7, 11) is 0. The van der Waals surface area contributed by atoms with Gasteiger partial charge in [0.1, 0.15) is 11.9 Å². The second kappa shape index (κ2) is 5.32. The van der Waals surface area contributed by atoms with Crippen LogP contribution in [-0.4, -0.2) is 6.61 Å². The van der Waals surface area contributed by atoms with E-state index in [1.165, 1.54) is 12.1 Å². The van der Waals surface area contributed by atoms with E-state index in [0.717, 1.165) is 11.1 Å². The van der Waals surface area contributed by atoms with Gasteiger partial charge in [-0.05, 0) is 29.3 Å². The van der Waals surface area contributed by atoms with Crippen LogP contribution in [0, 0.1) is 17.1 Å². The number of anilines is 1. The predicted octanol–water partition coefficient (Wildman–Crippen LogP) is 3.38. The SMILES string of the molecule is N#Cc1cc(F)ccc1NC1COCc2ccccc21. The number of nitrogens with one attached hydrogen (secondary N) is 1. The molecule has 1 atom stereocenters. The maximum atomic E-state index is 13.1. The first-order valence-corrected chi connectivity index (χ1v) is 6.39. The van der Waals surface area contributed by atoms with E-state index in [2.05, 4.69) is 5.32 Å². The maximum absolute atomic E-state index is 13.1. The topological polar surface area (TPSA) is 45.0 Å². The Morgan fingerprint density at radius 1 is 1.25 bits per heavy atom. The van der Waals surface area contributed by atoms with Crippen molar-refractivity contribution in [2.75, 3.05) is 11.9 Å². The van der Waals surface area contributed by atoms with E-state index in [0.29, 0.717) is 24.5 Å². The molecule has 1 unspecified atom stereocenters. The Morgan fingerprint density at radius 2 is 2.10 bits per heavy atom. The second-order valence-electron chi connectivity index (χ2n) is 4.71. The van der Waals surface area contributed by atoms with Gasteiger partial charge in [0.05, 0.1) is 30.5 Å². The van der Waals surface area contributed by atoms with Gasteiger partial charge in [-0.3, -0.25) is 0 Å². The Balaban J connectivity index is 1.92. The molecule has 2 aromatic carbocycles. The van der Waals surface area contributed by atoms with Crippen LogP contribution in [-0.2, 0) is 11.3 Å². The van der Waals surface area contributed by atoms with E-state index in [-0.39, 0.29) is 6.04 Å². The predicted molar refractivity (Wildman–Crippen MR) is 73.6 cm³/mol. The molecule has 3 nitrogen and oxygen atoms in total. The van der Waals surface area contributed by atoms with Gasteiger partial charge in [0, 0.05) is 0 Å². The molecule has 20 heavy (non-hydrogen) atoms. The summed E-state index contributed by atoms with van der Waals surface area (Å²) in [5.41, 5.74) is 3.22. The van der Waals surface area contributed by atoms with Gasteiger partial charge in [-0.2, -0.15) is 5.26 Å². The lowest BCUT2D eigenvalue weighted by molar-refractivity contribution is 0.0970. The maximum Gasteiger partial charge on any atom is 0.124 e. The number of nitrogens with zero attached hydrogens (tertiary/aromatic N) is 1. The fourth-order valence-electron chi connectivity index (χ4n) is 2.42. The van der Waals surface area contributed by atoms with E-state index in [9.17, 15) is 4.39 Å². The molecule has 1 aliphatic heterocycles. The summed E-state index contributed by atoms with van der Waals surface area (Å²) in [6, 6.07) is 14.2. The Morgan fingerprint density at radius 3 is 2.95 bits per heavy atom. The molecule has 1 N–H and O–H groups in total. The molecule has 1 aliphatic rings. The molecule has 0 saturated heterocycles. The van der Waals surface area contributed by atoms with Crippen LogP contribution >= 0.6 is 0 Å². The third-order valence-electron chi connectivity index (χ3n) is 3.40. The van der Waals surface area contributed by atoms with E-state index in [1.807, 2.05) is 30.3 Å². The lowest BCUT2D eigenvalue weighted by Crippen LogP contribution is -2.23. The Kier molecular flexibility index (Phi) is 3.36.